The second kappa shape index (κ2) is 8.80. The Bertz CT molecular complexity index is 412. The van der Waals surface area contributed by atoms with Crippen LogP contribution in [0.4, 0.5) is 10.1 Å². The maximum absolute atomic E-state index is 13.5. The Labute approximate surface area is 117 Å². The van der Waals surface area contributed by atoms with Crippen LogP contribution in [0.3, 0.4) is 0 Å². The van der Waals surface area contributed by atoms with Gasteiger partial charge in [-0.15, -0.1) is 11.8 Å². The van der Waals surface area contributed by atoms with E-state index in [0.29, 0.717) is 23.6 Å². The second-order valence-electron chi connectivity index (χ2n) is 4.15. The van der Waals surface area contributed by atoms with Crippen LogP contribution in [0.2, 0.25) is 0 Å². The molecule has 0 fully saturated rings. The first-order valence-corrected chi connectivity index (χ1v) is 7.45. The molecular weight excluding hydrogens is 265 g/mol. The van der Waals surface area contributed by atoms with Crippen LogP contribution in [-0.4, -0.2) is 18.3 Å². The van der Waals surface area contributed by atoms with Gasteiger partial charge >= 0.3 is 5.97 Å². The van der Waals surface area contributed by atoms with Gasteiger partial charge in [0, 0.05) is 17.0 Å². The number of carbonyl (C=O) groups excluding carboxylic acids is 1. The minimum Gasteiger partial charge on any atom is -0.466 e. The Balaban J connectivity index is 2.12. The molecule has 0 aliphatic rings. The zero-order valence-electron chi connectivity index (χ0n) is 11.2. The number of thioether (sulfide) groups is 1. The SMILES string of the molecule is CCOC(=O)CCCCCSc1ccc(N)cc1F. The van der Waals surface area contributed by atoms with Gasteiger partial charge in [0.15, 0.2) is 0 Å². The summed E-state index contributed by atoms with van der Waals surface area (Å²) in [5.41, 5.74) is 5.92. The lowest BCUT2D eigenvalue weighted by atomic mass is 10.2. The maximum Gasteiger partial charge on any atom is 0.305 e. The topological polar surface area (TPSA) is 52.3 Å². The summed E-state index contributed by atoms with van der Waals surface area (Å²) in [6.45, 7) is 2.24. The molecule has 0 heterocycles. The summed E-state index contributed by atoms with van der Waals surface area (Å²) in [5, 5.41) is 0. The number of ether oxygens (including phenoxy) is 1. The standard InChI is InChI=1S/C14H20FNO2S/c1-2-18-14(17)6-4-3-5-9-19-13-8-7-11(16)10-12(13)15/h7-8,10H,2-6,9,16H2,1H3. The molecule has 1 aromatic rings. The smallest absolute Gasteiger partial charge is 0.305 e. The highest BCUT2D eigenvalue weighted by molar-refractivity contribution is 7.99. The van der Waals surface area contributed by atoms with Crippen LogP contribution in [0.5, 0.6) is 0 Å². The van der Waals surface area contributed by atoms with E-state index in [0.717, 1.165) is 25.0 Å². The van der Waals surface area contributed by atoms with E-state index in [1.165, 1.54) is 17.8 Å². The molecule has 0 atom stereocenters. The van der Waals surface area contributed by atoms with Crippen molar-refractivity contribution >= 4 is 23.4 Å². The maximum atomic E-state index is 13.5. The van der Waals surface area contributed by atoms with Crippen molar-refractivity contribution in [2.24, 2.45) is 0 Å². The van der Waals surface area contributed by atoms with Crippen molar-refractivity contribution in [3.63, 3.8) is 0 Å². The minimum absolute atomic E-state index is 0.139. The lowest BCUT2D eigenvalue weighted by molar-refractivity contribution is -0.143. The van der Waals surface area contributed by atoms with Crippen LogP contribution in [0.1, 0.15) is 32.6 Å². The first-order valence-electron chi connectivity index (χ1n) is 6.47. The molecule has 0 bridgehead atoms. The number of rotatable bonds is 8. The summed E-state index contributed by atoms with van der Waals surface area (Å²) >= 11 is 1.48. The van der Waals surface area contributed by atoms with E-state index in [4.69, 9.17) is 10.5 Å². The summed E-state index contributed by atoms with van der Waals surface area (Å²) in [6.07, 6.45) is 3.19. The number of hydrogen-bond donors (Lipinski definition) is 1. The van der Waals surface area contributed by atoms with Crippen LogP contribution < -0.4 is 5.73 Å². The quantitative estimate of drug-likeness (QED) is 0.343. The van der Waals surface area contributed by atoms with Crippen LogP contribution in [0.15, 0.2) is 23.1 Å². The fourth-order valence-electron chi connectivity index (χ4n) is 1.60. The highest BCUT2D eigenvalue weighted by Gasteiger charge is 2.04. The number of anilines is 1. The average molecular weight is 285 g/mol. The third-order valence-electron chi connectivity index (χ3n) is 2.54. The van der Waals surface area contributed by atoms with Crippen LogP contribution in [-0.2, 0) is 9.53 Å². The molecule has 2 N–H and O–H groups in total. The van der Waals surface area contributed by atoms with E-state index in [2.05, 4.69) is 0 Å². The molecular formula is C14H20FNO2S. The summed E-state index contributed by atoms with van der Waals surface area (Å²) < 4.78 is 18.3. The van der Waals surface area contributed by atoms with Gasteiger partial charge in [0.05, 0.1) is 6.61 Å². The van der Waals surface area contributed by atoms with Gasteiger partial charge in [-0.05, 0) is 43.7 Å². The van der Waals surface area contributed by atoms with Crippen molar-refractivity contribution in [2.45, 2.75) is 37.5 Å². The van der Waals surface area contributed by atoms with E-state index < -0.39 is 0 Å². The van der Waals surface area contributed by atoms with E-state index in [1.54, 1.807) is 19.1 Å². The Hall–Kier alpha value is -1.23. The molecule has 0 unspecified atom stereocenters. The molecule has 0 aliphatic heterocycles. The van der Waals surface area contributed by atoms with E-state index >= 15 is 0 Å². The third-order valence-corrected chi connectivity index (χ3v) is 3.68. The number of benzene rings is 1. The zero-order valence-corrected chi connectivity index (χ0v) is 12.0. The number of carbonyl (C=O) groups is 1. The lowest BCUT2D eigenvalue weighted by Gasteiger charge is -2.04. The first kappa shape index (κ1) is 15.8. The second-order valence-corrected chi connectivity index (χ2v) is 5.29. The Kier molecular flexibility index (Phi) is 7.33. The number of hydrogen-bond acceptors (Lipinski definition) is 4. The van der Waals surface area contributed by atoms with Crippen molar-refractivity contribution < 1.29 is 13.9 Å². The molecule has 106 valence electrons. The highest BCUT2D eigenvalue weighted by atomic mass is 32.2. The summed E-state index contributed by atoms with van der Waals surface area (Å²) in [6, 6.07) is 4.74. The van der Waals surface area contributed by atoms with Gasteiger partial charge in [0.2, 0.25) is 0 Å². The first-order chi connectivity index (χ1) is 9.13. The molecule has 0 spiro atoms. The van der Waals surface area contributed by atoms with Crippen LogP contribution >= 0.6 is 11.8 Å². The van der Waals surface area contributed by atoms with Crippen molar-refractivity contribution in [1.82, 2.24) is 0 Å². The van der Waals surface area contributed by atoms with Gasteiger partial charge in [-0.3, -0.25) is 4.79 Å². The number of nitrogen functional groups attached to an aromatic ring is 1. The molecule has 19 heavy (non-hydrogen) atoms. The van der Waals surface area contributed by atoms with Crippen molar-refractivity contribution in [3.8, 4) is 0 Å². The summed E-state index contributed by atoms with van der Waals surface area (Å²) in [5.74, 6) is 0.431. The number of unbranched alkanes of at least 4 members (excludes halogenated alkanes) is 2. The van der Waals surface area contributed by atoms with Crippen LogP contribution in [0.25, 0.3) is 0 Å². The number of esters is 1. The van der Waals surface area contributed by atoms with E-state index in [-0.39, 0.29) is 11.8 Å². The highest BCUT2D eigenvalue weighted by Crippen LogP contribution is 2.24. The largest absolute Gasteiger partial charge is 0.466 e. The fourth-order valence-corrected chi connectivity index (χ4v) is 2.53. The minimum atomic E-state index is -0.267. The summed E-state index contributed by atoms with van der Waals surface area (Å²) in [7, 11) is 0. The lowest BCUT2D eigenvalue weighted by Crippen LogP contribution is -2.03. The average Bonchev–Trinajstić information content (AvgIpc) is 2.36. The number of halogens is 1. The Morgan fingerprint density at radius 2 is 2.16 bits per heavy atom. The molecule has 0 aliphatic carbocycles. The molecule has 0 amide bonds. The van der Waals surface area contributed by atoms with Crippen molar-refractivity contribution in [3.05, 3.63) is 24.0 Å². The molecule has 1 rings (SSSR count). The van der Waals surface area contributed by atoms with Gasteiger partial charge in [-0.25, -0.2) is 4.39 Å². The van der Waals surface area contributed by atoms with Gasteiger partial charge in [0.1, 0.15) is 5.82 Å². The molecule has 0 aromatic heterocycles. The summed E-state index contributed by atoms with van der Waals surface area (Å²) in [4.78, 5) is 11.7. The van der Waals surface area contributed by atoms with Gasteiger partial charge in [0.25, 0.3) is 0 Å². The third kappa shape index (κ3) is 6.47. The monoisotopic (exact) mass is 285 g/mol. The van der Waals surface area contributed by atoms with Gasteiger partial charge in [-0.1, -0.05) is 6.42 Å². The van der Waals surface area contributed by atoms with E-state index in [1.807, 2.05) is 0 Å². The fraction of sp³-hybridized carbons (Fsp3) is 0.500. The molecule has 0 radical (unpaired) electrons. The van der Waals surface area contributed by atoms with Crippen LogP contribution in [0, 0.1) is 5.82 Å². The Morgan fingerprint density at radius 1 is 1.37 bits per heavy atom. The zero-order chi connectivity index (χ0) is 14.1. The number of nitrogens with two attached hydrogens (primary N) is 1. The predicted octanol–water partition coefficient (Wildman–Crippen LogP) is 3.62. The normalized spacial score (nSPS) is 10.4. The van der Waals surface area contributed by atoms with Crippen molar-refractivity contribution in [2.75, 3.05) is 18.1 Å². The predicted molar refractivity (Wildman–Crippen MR) is 76.6 cm³/mol. The van der Waals surface area contributed by atoms with E-state index in [9.17, 15) is 9.18 Å². The molecule has 0 saturated heterocycles. The van der Waals surface area contributed by atoms with Crippen molar-refractivity contribution in [1.29, 1.82) is 0 Å². The Morgan fingerprint density at radius 3 is 2.84 bits per heavy atom. The molecule has 1 aromatic carbocycles. The molecule has 3 nitrogen and oxygen atoms in total. The van der Waals surface area contributed by atoms with Gasteiger partial charge in [-0.2, -0.15) is 0 Å². The van der Waals surface area contributed by atoms with Gasteiger partial charge < -0.3 is 10.5 Å². The molecule has 5 heteroatoms. The molecule has 0 saturated carbocycles.